The fourth-order valence-corrected chi connectivity index (χ4v) is 4.88. The second-order valence-corrected chi connectivity index (χ2v) is 9.70. The maximum Gasteiger partial charge on any atom is 0.263 e. The lowest BCUT2D eigenvalue weighted by Gasteiger charge is -2.24. The minimum Gasteiger partial charge on any atom is -0.354 e. The van der Waals surface area contributed by atoms with Gasteiger partial charge in [-0.2, -0.15) is 4.98 Å². The van der Waals surface area contributed by atoms with Crippen LogP contribution in [0.1, 0.15) is 42.4 Å². The molecule has 0 N–H and O–H groups in total. The Morgan fingerprint density at radius 1 is 1.03 bits per heavy atom. The number of fused-ring (bicyclic) bond motifs is 1. The minimum atomic E-state index is 0.0552. The topological polar surface area (TPSA) is 75.4 Å². The van der Waals surface area contributed by atoms with Crippen LogP contribution in [-0.4, -0.2) is 52.1 Å². The van der Waals surface area contributed by atoms with Crippen molar-refractivity contribution in [3.05, 3.63) is 70.5 Å². The Kier molecular flexibility index (Phi) is 7.08. The average Bonchev–Trinajstić information content (AvgIpc) is 3.16. The van der Waals surface area contributed by atoms with E-state index in [0.29, 0.717) is 30.9 Å². The van der Waals surface area contributed by atoms with Crippen molar-refractivity contribution >= 4 is 38.8 Å². The number of halogens is 1. The van der Waals surface area contributed by atoms with E-state index in [1.165, 1.54) is 0 Å². The maximum absolute atomic E-state index is 13.2. The molecule has 4 aromatic rings. The Morgan fingerprint density at radius 2 is 1.89 bits per heavy atom. The fourth-order valence-electron chi connectivity index (χ4n) is 4.48. The number of rotatable bonds is 6. The Hall–Kier alpha value is -3.26. The molecular weight excluding hydrogens is 506 g/mol. The third-order valence-corrected chi connectivity index (χ3v) is 6.81. The molecule has 1 aliphatic heterocycles. The molecule has 35 heavy (non-hydrogen) atoms. The van der Waals surface area contributed by atoms with Crippen molar-refractivity contribution in [1.29, 1.82) is 0 Å². The first-order valence-electron chi connectivity index (χ1n) is 12.2. The number of amides is 1. The second-order valence-electron chi connectivity index (χ2n) is 8.79. The van der Waals surface area contributed by atoms with Crippen molar-refractivity contribution in [2.45, 2.75) is 32.6 Å². The summed E-state index contributed by atoms with van der Waals surface area (Å²) < 4.78 is 6.62. The van der Waals surface area contributed by atoms with Crippen molar-refractivity contribution in [3.8, 4) is 11.3 Å². The van der Waals surface area contributed by atoms with Gasteiger partial charge in [-0.25, -0.2) is 4.98 Å². The lowest BCUT2D eigenvalue weighted by atomic mass is 10.1. The van der Waals surface area contributed by atoms with Gasteiger partial charge in [0.1, 0.15) is 22.7 Å². The second kappa shape index (κ2) is 10.6. The molecule has 7 nitrogen and oxygen atoms in total. The number of hydrogen-bond donors (Lipinski definition) is 0. The van der Waals surface area contributed by atoms with E-state index in [4.69, 9.17) is 14.5 Å². The van der Waals surface area contributed by atoms with Crippen LogP contribution < -0.4 is 4.90 Å². The van der Waals surface area contributed by atoms with Crippen molar-refractivity contribution in [2.24, 2.45) is 0 Å². The lowest BCUT2D eigenvalue weighted by Crippen LogP contribution is -2.35. The normalized spacial score (nSPS) is 14.3. The summed E-state index contributed by atoms with van der Waals surface area (Å²) >= 11 is 3.47. The summed E-state index contributed by atoms with van der Waals surface area (Å²) in [5.74, 6) is 1.67. The van der Waals surface area contributed by atoms with Crippen molar-refractivity contribution < 1.29 is 9.32 Å². The van der Waals surface area contributed by atoms with E-state index in [1.54, 1.807) is 0 Å². The van der Waals surface area contributed by atoms with Crippen LogP contribution in [0.2, 0.25) is 0 Å². The van der Waals surface area contributed by atoms with Gasteiger partial charge >= 0.3 is 0 Å². The molecule has 0 spiro atoms. The number of aromatic nitrogens is 3. The number of unbranched alkanes of at least 4 members (excludes halogenated alkanes) is 1. The van der Waals surface area contributed by atoms with Crippen LogP contribution in [0.4, 0.5) is 5.82 Å². The van der Waals surface area contributed by atoms with Gasteiger partial charge in [-0.05, 0) is 31.0 Å². The van der Waals surface area contributed by atoms with E-state index < -0.39 is 0 Å². The zero-order chi connectivity index (χ0) is 24.2. The Balaban J connectivity index is 1.48. The van der Waals surface area contributed by atoms with Gasteiger partial charge in [0.2, 0.25) is 0 Å². The number of nitrogens with zero attached hydrogens (tertiary/aromatic N) is 5. The summed E-state index contributed by atoms with van der Waals surface area (Å²) in [5.41, 5.74) is 2.94. The molecule has 2 aromatic heterocycles. The zero-order valence-electron chi connectivity index (χ0n) is 19.8. The minimum absolute atomic E-state index is 0.0552. The molecule has 1 aliphatic rings. The predicted molar refractivity (Wildman–Crippen MR) is 141 cm³/mol. The van der Waals surface area contributed by atoms with Gasteiger partial charge in [0, 0.05) is 48.2 Å². The smallest absolute Gasteiger partial charge is 0.263 e. The molecule has 1 saturated heterocycles. The molecule has 0 atom stereocenters. The van der Waals surface area contributed by atoms with Gasteiger partial charge in [-0.15, -0.1) is 0 Å². The van der Waals surface area contributed by atoms with Crippen molar-refractivity contribution in [1.82, 2.24) is 20.0 Å². The van der Waals surface area contributed by atoms with E-state index >= 15 is 0 Å². The molecule has 0 aliphatic carbocycles. The zero-order valence-corrected chi connectivity index (χ0v) is 21.4. The molecule has 1 fully saturated rings. The molecular formula is C27H28BrN5O2. The van der Waals surface area contributed by atoms with E-state index in [-0.39, 0.29) is 5.91 Å². The first-order valence-corrected chi connectivity index (χ1v) is 12.9. The average molecular weight is 534 g/mol. The summed E-state index contributed by atoms with van der Waals surface area (Å²) in [6.45, 7) is 4.95. The maximum atomic E-state index is 13.2. The van der Waals surface area contributed by atoms with Crippen LogP contribution in [0.25, 0.3) is 22.4 Å². The third kappa shape index (κ3) is 5.07. The predicted octanol–water partition coefficient (Wildman–Crippen LogP) is 5.74. The number of carbonyl (C=O) groups excluding carboxylic acids is 1. The molecule has 0 bridgehead atoms. The van der Waals surface area contributed by atoms with Crippen LogP contribution in [0.3, 0.4) is 0 Å². The molecule has 3 heterocycles. The van der Waals surface area contributed by atoms with Gasteiger partial charge in [-0.1, -0.05) is 70.8 Å². The first-order chi connectivity index (χ1) is 17.1. The highest BCUT2D eigenvalue weighted by molar-refractivity contribution is 9.10. The van der Waals surface area contributed by atoms with E-state index in [1.807, 2.05) is 59.5 Å². The first kappa shape index (κ1) is 23.5. The molecule has 180 valence electrons. The van der Waals surface area contributed by atoms with Crippen LogP contribution in [0.15, 0.2) is 63.6 Å². The highest BCUT2D eigenvalue weighted by Gasteiger charge is 2.26. The highest BCUT2D eigenvalue weighted by Crippen LogP contribution is 2.34. The summed E-state index contributed by atoms with van der Waals surface area (Å²) in [6, 6.07) is 17.6. The number of aryl methyl sites for hydroxylation is 1. The monoisotopic (exact) mass is 533 g/mol. The summed E-state index contributed by atoms with van der Waals surface area (Å²) in [7, 11) is 0. The van der Waals surface area contributed by atoms with E-state index in [9.17, 15) is 4.79 Å². The van der Waals surface area contributed by atoms with E-state index in [2.05, 4.69) is 32.9 Å². The largest absolute Gasteiger partial charge is 0.354 e. The Labute approximate surface area is 213 Å². The van der Waals surface area contributed by atoms with Gasteiger partial charge in [-0.3, -0.25) is 4.79 Å². The summed E-state index contributed by atoms with van der Waals surface area (Å²) in [5, 5.41) is 5.22. The van der Waals surface area contributed by atoms with Crippen LogP contribution >= 0.6 is 15.9 Å². The standard InChI is InChI=1S/C27H28BrN5O2/c1-2-3-13-22-29-25(23-24(31-35-26(23)30-22)19-9-5-4-6-10-19)32-14-8-15-33(17-16-32)27(34)20-11-7-12-21(28)18-20/h4-7,9-12,18H,2-3,8,13-17H2,1H3. The summed E-state index contributed by atoms with van der Waals surface area (Å²) in [4.78, 5) is 27.1. The molecule has 0 unspecified atom stereocenters. The lowest BCUT2D eigenvalue weighted by molar-refractivity contribution is 0.0767. The van der Waals surface area contributed by atoms with Gasteiger partial charge in [0.15, 0.2) is 0 Å². The number of carbonyl (C=O) groups is 1. The molecule has 1 amide bonds. The van der Waals surface area contributed by atoms with Crippen molar-refractivity contribution in [2.75, 3.05) is 31.1 Å². The molecule has 0 radical (unpaired) electrons. The summed E-state index contributed by atoms with van der Waals surface area (Å²) in [6.07, 6.45) is 3.72. The quantitative estimate of drug-likeness (QED) is 0.314. The van der Waals surface area contributed by atoms with Gasteiger partial charge in [0.25, 0.3) is 11.6 Å². The van der Waals surface area contributed by atoms with Crippen LogP contribution in [-0.2, 0) is 6.42 Å². The van der Waals surface area contributed by atoms with Crippen LogP contribution in [0, 0.1) is 0 Å². The van der Waals surface area contributed by atoms with Gasteiger partial charge < -0.3 is 14.3 Å². The van der Waals surface area contributed by atoms with Crippen LogP contribution in [0.5, 0.6) is 0 Å². The SMILES string of the molecule is CCCCc1nc(N2CCCN(C(=O)c3cccc(Br)c3)CC2)c2c(-c3ccccc3)noc2n1. The molecule has 8 heteroatoms. The third-order valence-electron chi connectivity index (χ3n) is 6.32. The molecule has 0 saturated carbocycles. The number of benzene rings is 2. The Bertz CT molecular complexity index is 1320. The molecule has 5 rings (SSSR count). The van der Waals surface area contributed by atoms with Gasteiger partial charge in [0.05, 0.1) is 0 Å². The molecule has 2 aromatic carbocycles. The van der Waals surface area contributed by atoms with Crippen molar-refractivity contribution in [3.63, 3.8) is 0 Å². The number of hydrogen-bond acceptors (Lipinski definition) is 6. The fraction of sp³-hybridized carbons (Fsp3) is 0.333. The van der Waals surface area contributed by atoms with E-state index in [0.717, 1.165) is 65.0 Å². The Morgan fingerprint density at radius 3 is 2.69 bits per heavy atom. The highest BCUT2D eigenvalue weighted by atomic mass is 79.9. The number of anilines is 1.